The van der Waals surface area contributed by atoms with Crippen molar-refractivity contribution >= 4 is 6.09 Å². The average Bonchev–Trinajstić information content (AvgIpc) is 2.77. The van der Waals surface area contributed by atoms with Gasteiger partial charge in [0.2, 0.25) is 0 Å². The number of hydrogen-bond acceptors (Lipinski definition) is 4. The van der Waals surface area contributed by atoms with E-state index < -0.39 is 0 Å². The van der Waals surface area contributed by atoms with E-state index in [-0.39, 0.29) is 24.8 Å². The number of likely N-dealkylation sites (tertiary alicyclic amines) is 1. The molecule has 1 heterocycles. The molecule has 2 rings (SSSR count). The van der Waals surface area contributed by atoms with Crippen LogP contribution in [0.4, 0.5) is 4.79 Å². The predicted molar refractivity (Wildman–Crippen MR) is 71.0 cm³/mol. The zero-order valence-electron chi connectivity index (χ0n) is 11.7. The van der Waals surface area contributed by atoms with Crippen LogP contribution < -0.4 is 0 Å². The zero-order chi connectivity index (χ0) is 13.7. The average molecular weight is 271 g/mol. The molecule has 5 nitrogen and oxygen atoms in total. The van der Waals surface area contributed by atoms with Gasteiger partial charge in [0.15, 0.2) is 0 Å². The highest BCUT2D eigenvalue weighted by atomic mass is 16.6. The summed E-state index contributed by atoms with van der Waals surface area (Å²) in [7, 11) is 0. The van der Waals surface area contributed by atoms with E-state index in [0.717, 1.165) is 32.1 Å². The number of aliphatic hydroxyl groups excluding tert-OH is 1. The number of carbonyl (C=O) groups excluding carboxylic acids is 1. The van der Waals surface area contributed by atoms with Crippen molar-refractivity contribution in [3.05, 3.63) is 0 Å². The number of nitrogens with zero attached hydrogens (tertiary/aromatic N) is 1. The lowest BCUT2D eigenvalue weighted by Crippen LogP contribution is -2.38. The second kappa shape index (κ2) is 7.10. The van der Waals surface area contributed by atoms with Crippen LogP contribution in [0, 0.1) is 0 Å². The second-order valence-electron chi connectivity index (χ2n) is 5.50. The van der Waals surface area contributed by atoms with Crippen LogP contribution in [0.3, 0.4) is 0 Å². The van der Waals surface area contributed by atoms with Crippen molar-refractivity contribution in [1.82, 2.24) is 4.90 Å². The summed E-state index contributed by atoms with van der Waals surface area (Å²) in [5, 5.41) is 9.38. The number of carbonyl (C=O) groups is 1. The van der Waals surface area contributed by atoms with E-state index in [0.29, 0.717) is 19.3 Å². The fourth-order valence-corrected chi connectivity index (χ4v) is 2.53. The molecule has 1 amide bonds. The maximum absolute atomic E-state index is 11.9. The summed E-state index contributed by atoms with van der Waals surface area (Å²) in [5.74, 6) is 0. The molecule has 19 heavy (non-hydrogen) atoms. The van der Waals surface area contributed by atoms with Crippen LogP contribution in [0.25, 0.3) is 0 Å². The Morgan fingerprint density at radius 3 is 2.74 bits per heavy atom. The van der Waals surface area contributed by atoms with Crippen LogP contribution in [0.2, 0.25) is 0 Å². The highest BCUT2D eigenvalue weighted by molar-refractivity contribution is 5.68. The molecule has 1 N–H and O–H groups in total. The van der Waals surface area contributed by atoms with Crippen LogP contribution in [-0.4, -0.2) is 54.1 Å². The van der Waals surface area contributed by atoms with E-state index in [4.69, 9.17) is 9.47 Å². The van der Waals surface area contributed by atoms with Gasteiger partial charge in [0.25, 0.3) is 0 Å². The molecule has 2 aliphatic rings. The Labute approximate surface area is 114 Å². The molecule has 0 bridgehead atoms. The second-order valence-corrected chi connectivity index (χ2v) is 5.50. The Hall–Kier alpha value is -0.810. The largest absolute Gasteiger partial charge is 0.449 e. The summed E-state index contributed by atoms with van der Waals surface area (Å²) < 4.78 is 11.1. The van der Waals surface area contributed by atoms with E-state index in [1.807, 2.05) is 0 Å². The molecule has 2 atom stereocenters. The minimum atomic E-state index is -0.313. The summed E-state index contributed by atoms with van der Waals surface area (Å²) in [4.78, 5) is 13.6. The molecule has 0 aromatic rings. The Morgan fingerprint density at radius 1 is 1.37 bits per heavy atom. The molecular formula is C14H25NO4. The van der Waals surface area contributed by atoms with Gasteiger partial charge in [0, 0.05) is 0 Å². The maximum Gasteiger partial charge on any atom is 0.410 e. The van der Waals surface area contributed by atoms with Crippen LogP contribution in [0.15, 0.2) is 0 Å². The topological polar surface area (TPSA) is 59.0 Å². The molecule has 0 unspecified atom stereocenters. The van der Waals surface area contributed by atoms with Gasteiger partial charge in [-0.3, -0.25) is 0 Å². The van der Waals surface area contributed by atoms with Gasteiger partial charge in [-0.05, 0) is 32.1 Å². The zero-order valence-corrected chi connectivity index (χ0v) is 11.7. The predicted octanol–water partition coefficient (Wildman–Crippen LogP) is 1.93. The summed E-state index contributed by atoms with van der Waals surface area (Å²) in [5.41, 5.74) is 0. The summed E-state index contributed by atoms with van der Waals surface area (Å²) in [6.45, 7) is 3.04. The molecular weight excluding hydrogens is 246 g/mol. The van der Waals surface area contributed by atoms with E-state index in [1.165, 1.54) is 6.42 Å². The molecule has 1 saturated heterocycles. The first-order valence-electron chi connectivity index (χ1n) is 7.44. The van der Waals surface area contributed by atoms with Gasteiger partial charge in [-0.2, -0.15) is 0 Å². The lowest BCUT2D eigenvalue weighted by atomic mass is 9.96. The van der Waals surface area contributed by atoms with E-state index in [2.05, 4.69) is 6.92 Å². The first-order chi connectivity index (χ1) is 9.24. The highest BCUT2D eigenvalue weighted by Gasteiger charge is 2.38. The van der Waals surface area contributed by atoms with Gasteiger partial charge >= 0.3 is 6.09 Å². The fraction of sp³-hybridized carbons (Fsp3) is 0.929. The molecule has 1 aliphatic heterocycles. The van der Waals surface area contributed by atoms with Crippen LogP contribution >= 0.6 is 0 Å². The van der Waals surface area contributed by atoms with Gasteiger partial charge in [-0.15, -0.1) is 0 Å². The molecule has 0 aromatic heterocycles. The monoisotopic (exact) mass is 271 g/mol. The molecule has 1 saturated carbocycles. The van der Waals surface area contributed by atoms with Crippen molar-refractivity contribution in [2.24, 2.45) is 0 Å². The number of unbranched alkanes of at least 4 members (excludes halogenated alkanes) is 1. The van der Waals surface area contributed by atoms with Gasteiger partial charge in [0.05, 0.1) is 38.0 Å². The first kappa shape index (κ1) is 14.6. The molecule has 1 aliphatic carbocycles. The maximum atomic E-state index is 11.9. The van der Waals surface area contributed by atoms with Crippen molar-refractivity contribution in [3.8, 4) is 0 Å². The minimum absolute atomic E-state index is 0.0204. The number of rotatable bonds is 6. The van der Waals surface area contributed by atoms with E-state index >= 15 is 0 Å². The number of hydrogen-bond donors (Lipinski definition) is 1. The van der Waals surface area contributed by atoms with Gasteiger partial charge < -0.3 is 19.5 Å². The summed E-state index contributed by atoms with van der Waals surface area (Å²) >= 11 is 0. The Bertz CT molecular complexity index is 293. The minimum Gasteiger partial charge on any atom is -0.449 e. The third kappa shape index (κ3) is 3.83. The van der Waals surface area contributed by atoms with Crippen molar-refractivity contribution in [2.75, 3.05) is 19.8 Å². The van der Waals surface area contributed by atoms with Crippen molar-refractivity contribution in [3.63, 3.8) is 0 Å². The smallest absolute Gasteiger partial charge is 0.410 e. The van der Waals surface area contributed by atoms with Crippen molar-refractivity contribution in [1.29, 1.82) is 0 Å². The fourth-order valence-electron chi connectivity index (χ4n) is 2.53. The quantitative estimate of drug-likeness (QED) is 0.750. The third-order valence-corrected chi connectivity index (χ3v) is 3.98. The lowest BCUT2D eigenvalue weighted by Gasteiger charge is -2.28. The van der Waals surface area contributed by atoms with Gasteiger partial charge in [0.1, 0.15) is 0 Å². The molecule has 2 fully saturated rings. The van der Waals surface area contributed by atoms with Crippen LogP contribution in [0.5, 0.6) is 0 Å². The summed E-state index contributed by atoms with van der Waals surface area (Å²) in [6, 6.07) is -0.154. The Balaban J connectivity index is 1.79. The van der Waals surface area contributed by atoms with Gasteiger partial charge in [-0.25, -0.2) is 4.79 Å². The van der Waals surface area contributed by atoms with Crippen molar-refractivity contribution in [2.45, 2.75) is 63.7 Å². The van der Waals surface area contributed by atoms with Gasteiger partial charge in [-0.1, -0.05) is 13.3 Å². The third-order valence-electron chi connectivity index (χ3n) is 3.98. The summed E-state index contributed by atoms with van der Waals surface area (Å²) in [6.07, 6.45) is 6.20. The van der Waals surface area contributed by atoms with Crippen LogP contribution in [-0.2, 0) is 9.47 Å². The number of amides is 1. The molecule has 0 radical (unpaired) electrons. The molecule has 5 heteroatoms. The van der Waals surface area contributed by atoms with E-state index in [9.17, 15) is 9.90 Å². The Morgan fingerprint density at radius 2 is 2.16 bits per heavy atom. The molecule has 0 spiro atoms. The van der Waals surface area contributed by atoms with E-state index in [1.54, 1.807) is 4.90 Å². The highest BCUT2D eigenvalue weighted by Crippen LogP contribution is 2.28. The lowest BCUT2D eigenvalue weighted by molar-refractivity contribution is -0.0458. The SMILES string of the molecule is CCCCOC(=O)N1C[C@H](OC2CCC2)C[C@H]1CO. The first-order valence-corrected chi connectivity index (χ1v) is 7.44. The Kier molecular flexibility index (Phi) is 5.45. The van der Waals surface area contributed by atoms with Crippen LogP contribution in [0.1, 0.15) is 45.4 Å². The molecule has 0 aromatic carbocycles. The number of aliphatic hydroxyl groups is 1. The van der Waals surface area contributed by atoms with Crippen molar-refractivity contribution < 1.29 is 19.4 Å². The number of ether oxygens (including phenoxy) is 2. The molecule has 110 valence electrons. The normalized spacial score (nSPS) is 27.4. The standard InChI is InChI=1S/C14H25NO4/c1-2-3-7-18-14(17)15-9-13(8-11(15)10-16)19-12-5-4-6-12/h11-13,16H,2-10H2,1H3/t11-,13+/m0/s1.